The van der Waals surface area contributed by atoms with Crippen molar-refractivity contribution in [2.45, 2.75) is 19.4 Å². The van der Waals surface area contributed by atoms with Gasteiger partial charge < -0.3 is 10.2 Å². The first-order valence-corrected chi connectivity index (χ1v) is 7.05. The summed E-state index contributed by atoms with van der Waals surface area (Å²) in [7, 11) is 0. The van der Waals surface area contributed by atoms with Gasteiger partial charge in [0.05, 0.1) is 17.4 Å². The van der Waals surface area contributed by atoms with Gasteiger partial charge in [0.1, 0.15) is 11.6 Å². The van der Waals surface area contributed by atoms with Crippen molar-refractivity contribution in [2.75, 3.05) is 18.0 Å². The van der Waals surface area contributed by atoms with Crippen LogP contribution in [0.15, 0.2) is 24.4 Å². The molecule has 1 amide bonds. The number of carbonyl (C=O) groups excluding carboxylic acids is 1. The molecule has 0 saturated carbocycles. The second-order valence-electron chi connectivity index (χ2n) is 5.41. The normalized spacial score (nSPS) is 17.8. The van der Waals surface area contributed by atoms with Crippen LogP contribution in [0.25, 0.3) is 0 Å². The van der Waals surface area contributed by atoms with Crippen LogP contribution in [0.3, 0.4) is 0 Å². The smallest absolute Gasteiger partial charge is 0.255 e. The molecular formula is C15H16F2N4O. The van der Waals surface area contributed by atoms with E-state index in [1.807, 2.05) is 4.90 Å². The van der Waals surface area contributed by atoms with Crippen LogP contribution >= 0.6 is 0 Å². The Balaban J connectivity index is 1.65. The lowest BCUT2D eigenvalue weighted by atomic mass is 10.2. The van der Waals surface area contributed by atoms with Crippen molar-refractivity contribution in [3.05, 3.63) is 47.3 Å². The minimum atomic E-state index is -0.597. The highest BCUT2D eigenvalue weighted by Gasteiger charge is 2.26. The van der Waals surface area contributed by atoms with E-state index in [2.05, 4.69) is 15.5 Å². The van der Waals surface area contributed by atoms with Crippen molar-refractivity contribution in [3.8, 4) is 0 Å². The molecule has 1 aromatic heterocycles. The predicted octanol–water partition coefficient (Wildman–Crippen LogP) is 2.01. The van der Waals surface area contributed by atoms with Crippen molar-refractivity contribution in [3.63, 3.8) is 0 Å². The average Bonchev–Trinajstić information content (AvgIpc) is 3.08. The molecule has 1 atom stereocenters. The van der Waals surface area contributed by atoms with Crippen molar-refractivity contribution in [1.29, 1.82) is 0 Å². The lowest BCUT2D eigenvalue weighted by Gasteiger charge is -2.19. The van der Waals surface area contributed by atoms with Crippen LogP contribution in [-0.2, 0) is 0 Å². The van der Waals surface area contributed by atoms with E-state index in [-0.39, 0.29) is 11.9 Å². The number of nitrogens with one attached hydrogen (secondary N) is 2. The second kappa shape index (κ2) is 5.75. The van der Waals surface area contributed by atoms with Crippen LogP contribution in [0.1, 0.15) is 22.5 Å². The number of aromatic nitrogens is 2. The summed E-state index contributed by atoms with van der Waals surface area (Å²) in [6.07, 6.45) is 2.19. The molecule has 5 nitrogen and oxygen atoms in total. The van der Waals surface area contributed by atoms with E-state index in [9.17, 15) is 13.6 Å². The predicted molar refractivity (Wildman–Crippen MR) is 77.8 cm³/mol. The number of rotatable bonds is 3. The van der Waals surface area contributed by atoms with Gasteiger partial charge in [0.15, 0.2) is 0 Å². The van der Waals surface area contributed by atoms with E-state index in [0.29, 0.717) is 36.5 Å². The molecule has 7 heteroatoms. The maximum atomic E-state index is 13.8. The minimum Gasteiger partial charge on any atom is -0.367 e. The number of aryl methyl sites for hydroxylation is 1. The molecule has 1 aliphatic rings. The Labute approximate surface area is 126 Å². The molecule has 0 bridgehead atoms. The summed E-state index contributed by atoms with van der Waals surface area (Å²) in [5, 5.41) is 9.45. The first-order chi connectivity index (χ1) is 10.5. The average molecular weight is 306 g/mol. The summed E-state index contributed by atoms with van der Waals surface area (Å²) in [6.45, 7) is 2.87. The van der Waals surface area contributed by atoms with Crippen molar-refractivity contribution < 1.29 is 13.6 Å². The molecule has 116 valence electrons. The third kappa shape index (κ3) is 2.79. The summed E-state index contributed by atoms with van der Waals surface area (Å²) in [6, 6.07) is 3.45. The van der Waals surface area contributed by atoms with Gasteiger partial charge >= 0.3 is 0 Å². The van der Waals surface area contributed by atoms with Gasteiger partial charge in [-0.1, -0.05) is 0 Å². The van der Waals surface area contributed by atoms with Crippen molar-refractivity contribution in [2.24, 2.45) is 0 Å². The fourth-order valence-corrected chi connectivity index (χ4v) is 2.68. The molecule has 0 spiro atoms. The largest absolute Gasteiger partial charge is 0.367 e. The maximum absolute atomic E-state index is 13.8. The Morgan fingerprint density at radius 1 is 1.45 bits per heavy atom. The maximum Gasteiger partial charge on any atom is 0.255 e. The van der Waals surface area contributed by atoms with Gasteiger partial charge in [0.2, 0.25) is 0 Å². The minimum absolute atomic E-state index is 0.0775. The molecular weight excluding hydrogens is 290 g/mol. The summed E-state index contributed by atoms with van der Waals surface area (Å²) >= 11 is 0. The molecule has 1 aromatic carbocycles. The highest BCUT2D eigenvalue weighted by atomic mass is 19.1. The highest BCUT2D eigenvalue weighted by molar-refractivity contribution is 5.95. The van der Waals surface area contributed by atoms with E-state index in [0.717, 1.165) is 6.07 Å². The Morgan fingerprint density at radius 2 is 2.27 bits per heavy atom. The summed E-state index contributed by atoms with van der Waals surface area (Å²) in [5.74, 6) is -1.38. The van der Waals surface area contributed by atoms with Crippen LogP contribution in [0.4, 0.5) is 14.5 Å². The lowest BCUT2D eigenvalue weighted by molar-refractivity contribution is 0.0940. The Morgan fingerprint density at radius 3 is 2.95 bits per heavy atom. The van der Waals surface area contributed by atoms with Gasteiger partial charge in [0.25, 0.3) is 5.91 Å². The van der Waals surface area contributed by atoms with Crippen molar-refractivity contribution >= 4 is 11.6 Å². The van der Waals surface area contributed by atoms with Crippen LogP contribution < -0.4 is 10.2 Å². The monoisotopic (exact) mass is 306 g/mol. The molecule has 0 aliphatic carbocycles. The topological polar surface area (TPSA) is 61.0 Å². The zero-order valence-corrected chi connectivity index (χ0v) is 12.1. The molecule has 22 heavy (non-hydrogen) atoms. The molecule has 1 fully saturated rings. The molecule has 0 radical (unpaired) electrons. The molecule has 3 rings (SSSR count). The van der Waals surface area contributed by atoms with Crippen LogP contribution in [-0.4, -0.2) is 35.2 Å². The van der Waals surface area contributed by atoms with Crippen LogP contribution in [0.2, 0.25) is 0 Å². The molecule has 2 heterocycles. The number of aromatic amines is 1. The van der Waals surface area contributed by atoms with Crippen LogP contribution in [0, 0.1) is 18.6 Å². The molecule has 2 aromatic rings. The van der Waals surface area contributed by atoms with E-state index in [4.69, 9.17) is 0 Å². The van der Waals surface area contributed by atoms with Gasteiger partial charge in [-0.3, -0.25) is 9.89 Å². The van der Waals surface area contributed by atoms with E-state index in [1.165, 1.54) is 18.3 Å². The highest BCUT2D eigenvalue weighted by Crippen LogP contribution is 2.24. The van der Waals surface area contributed by atoms with Gasteiger partial charge in [0, 0.05) is 30.9 Å². The summed E-state index contributed by atoms with van der Waals surface area (Å²) < 4.78 is 26.7. The number of halogens is 2. The Bertz CT molecular complexity index is 701. The Kier molecular flexibility index (Phi) is 3.79. The standard InChI is InChI=1S/C15H16F2N4O/c1-9-12(7-18-20-9)15(22)19-11-4-5-21(8-11)14-3-2-10(16)6-13(14)17/h2-3,6-7,11H,4-5,8H2,1H3,(H,18,20)(H,19,22). The number of hydrogen-bond donors (Lipinski definition) is 2. The Hall–Kier alpha value is -2.44. The van der Waals surface area contributed by atoms with Gasteiger partial charge in [-0.05, 0) is 25.5 Å². The SMILES string of the molecule is Cc1[nH]ncc1C(=O)NC1CCN(c2ccc(F)cc2F)C1. The van der Waals surface area contributed by atoms with E-state index >= 15 is 0 Å². The number of carbonyl (C=O) groups is 1. The third-order valence-electron chi connectivity index (χ3n) is 3.85. The molecule has 2 N–H and O–H groups in total. The molecule has 1 saturated heterocycles. The molecule has 1 unspecified atom stereocenters. The molecule has 1 aliphatic heterocycles. The zero-order valence-electron chi connectivity index (χ0n) is 12.1. The number of benzene rings is 1. The van der Waals surface area contributed by atoms with Gasteiger partial charge in [-0.25, -0.2) is 8.78 Å². The van der Waals surface area contributed by atoms with E-state index < -0.39 is 11.6 Å². The third-order valence-corrected chi connectivity index (χ3v) is 3.85. The van der Waals surface area contributed by atoms with Gasteiger partial charge in [-0.2, -0.15) is 5.10 Å². The van der Waals surface area contributed by atoms with E-state index in [1.54, 1.807) is 6.92 Å². The first-order valence-electron chi connectivity index (χ1n) is 7.05. The fourth-order valence-electron chi connectivity index (χ4n) is 2.68. The van der Waals surface area contributed by atoms with Crippen molar-refractivity contribution in [1.82, 2.24) is 15.5 Å². The summed E-state index contributed by atoms with van der Waals surface area (Å²) in [4.78, 5) is 13.9. The van der Waals surface area contributed by atoms with Crippen LogP contribution in [0.5, 0.6) is 0 Å². The number of H-pyrrole nitrogens is 1. The second-order valence-corrected chi connectivity index (χ2v) is 5.41. The number of anilines is 1. The summed E-state index contributed by atoms with van der Waals surface area (Å²) in [5.41, 5.74) is 1.57. The zero-order chi connectivity index (χ0) is 15.7. The van der Waals surface area contributed by atoms with Gasteiger partial charge in [-0.15, -0.1) is 0 Å². The quantitative estimate of drug-likeness (QED) is 0.912. The number of nitrogens with zero attached hydrogens (tertiary/aromatic N) is 2. The number of amides is 1. The fraction of sp³-hybridized carbons (Fsp3) is 0.333. The first kappa shape index (κ1) is 14.5. The lowest BCUT2D eigenvalue weighted by Crippen LogP contribution is -2.37. The number of hydrogen-bond acceptors (Lipinski definition) is 3.